The van der Waals surface area contributed by atoms with Crippen LogP contribution in [0.5, 0.6) is 0 Å². The molecule has 2 aromatic rings. The summed E-state index contributed by atoms with van der Waals surface area (Å²) < 4.78 is 20.7. The molecule has 0 bridgehead atoms. The van der Waals surface area contributed by atoms with Crippen molar-refractivity contribution in [3.05, 3.63) is 17.8 Å². The van der Waals surface area contributed by atoms with E-state index in [1.807, 2.05) is 0 Å². The Morgan fingerprint density at radius 1 is 1.36 bits per heavy atom. The van der Waals surface area contributed by atoms with Crippen LogP contribution in [0, 0.1) is 23.6 Å². The Bertz CT molecular complexity index is 746. The number of esters is 1. The van der Waals surface area contributed by atoms with Crippen molar-refractivity contribution >= 4 is 5.97 Å². The highest BCUT2D eigenvalue weighted by atomic mass is 19.1. The predicted molar refractivity (Wildman–Crippen MR) is 86.9 cm³/mol. The average molecular weight is 347 g/mol. The average Bonchev–Trinajstić information content (AvgIpc) is 3.50. The number of aromatic amines is 1. The Labute approximate surface area is 145 Å². The minimum absolute atomic E-state index is 0.232. The Kier molecular flexibility index (Phi) is 4.05. The van der Waals surface area contributed by atoms with E-state index < -0.39 is 11.7 Å². The van der Waals surface area contributed by atoms with Crippen LogP contribution in [0.15, 0.2) is 6.20 Å². The lowest BCUT2D eigenvalue weighted by molar-refractivity contribution is -0.147. The maximum Gasteiger partial charge on any atom is 0.316 e. The summed E-state index contributed by atoms with van der Waals surface area (Å²) >= 11 is 0. The van der Waals surface area contributed by atoms with Crippen LogP contribution >= 0.6 is 0 Å². The lowest BCUT2D eigenvalue weighted by Gasteiger charge is -2.23. The molecule has 0 aromatic carbocycles. The quantitative estimate of drug-likeness (QED) is 0.778. The summed E-state index contributed by atoms with van der Waals surface area (Å²) in [7, 11) is 1.64. The van der Waals surface area contributed by atoms with Gasteiger partial charge in [-0.15, -0.1) is 10.2 Å². The number of rotatable bonds is 7. The molecule has 2 aliphatic rings. The zero-order chi connectivity index (χ0) is 17.6. The monoisotopic (exact) mass is 347 g/mol. The third-order valence-corrected chi connectivity index (χ3v) is 5.18. The van der Waals surface area contributed by atoms with Gasteiger partial charge in [-0.2, -0.15) is 5.10 Å². The van der Waals surface area contributed by atoms with Crippen LogP contribution in [0.1, 0.15) is 44.3 Å². The highest BCUT2D eigenvalue weighted by Crippen LogP contribution is 2.54. The molecule has 2 aromatic heterocycles. The molecular weight excluding hydrogens is 325 g/mol. The van der Waals surface area contributed by atoms with E-state index in [1.54, 1.807) is 14.0 Å². The van der Waals surface area contributed by atoms with Crippen molar-refractivity contribution in [3.8, 4) is 11.5 Å². The number of aryl methyl sites for hydroxylation is 1. The molecule has 8 heteroatoms. The van der Waals surface area contributed by atoms with E-state index in [4.69, 9.17) is 4.74 Å². The van der Waals surface area contributed by atoms with Crippen molar-refractivity contribution in [2.75, 3.05) is 6.61 Å². The number of hydrogen-bond acceptors (Lipinski definition) is 5. The van der Waals surface area contributed by atoms with Crippen LogP contribution in [0.25, 0.3) is 11.5 Å². The first-order valence-corrected chi connectivity index (χ1v) is 8.87. The van der Waals surface area contributed by atoms with Crippen molar-refractivity contribution in [3.63, 3.8) is 0 Å². The molecule has 7 nitrogen and oxygen atoms in total. The van der Waals surface area contributed by atoms with Gasteiger partial charge in [0.2, 0.25) is 0 Å². The normalized spacial score (nSPS) is 18.6. The Morgan fingerprint density at radius 3 is 2.56 bits per heavy atom. The van der Waals surface area contributed by atoms with Gasteiger partial charge in [-0.05, 0) is 50.4 Å². The van der Waals surface area contributed by atoms with Crippen molar-refractivity contribution in [2.24, 2.45) is 24.8 Å². The lowest BCUT2D eigenvalue weighted by atomic mass is 9.83. The molecule has 0 radical (unpaired) electrons. The number of nitrogens with one attached hydrogen (secondary N) is 1. The van der Waals surface area contributed by atoms with Crippen LogP contribution in [-0.2, 0) is 16.6 Å². The number of halogens is 1. The van der Waals surface area contributed by atoms with Crippen LogP contribution in [0.2, 0.25) is 0 Å². The molecule has 4 rings (SSSR count). The van der Waals surface area contributed by atoms with Crippen LogP contribution in [0.4, 0.5) is 4.39 Å². The zero-order valence-corrected chi connectivity index (χ0v) is 14.4. The highest BCUT2D eigenvalue weighted by Gasteiger charge is 2.50. The van der Waals surface area contributed by atoms with Gasteiger partial charge in [0, 0.05) is 7.05 Å². The molecule has 2 saturated carbocycles. The van der Waals surface area contributed by atoms with Crippen LogP contribution in [-0.4, -0.2) is 37.5 Å². The SMILES string of the molecule is CCOC(=O)C(c1nnc(-c2c(F)cnn2C)[nH]1)C(C1CC1)C1CC1. The summed E-state index contributed by atoms with van der Waals surface area (Å²) in [6.07, 6.45) is 5.73. The van der Waals surface area contributed by atoms with E-state index in [-0.39, 0.29) is 23.4 Å². The molecule has 2 fully saturated rings. The summed E-state index contributed by atoms with van der Waals surface area (Å²) in [4.78, 5) is 15.7. The molecule has 0 saturated heterocycles. The Morgan fingerprint density at radius 2 is 2.04 bits per heavy atom. The van der Waals surface area contributed by atoms with Crippen LogP contribution < -0.4 is 0 Å². The van der Waals surface area contributed by atoms with Gasteiger partial charge in [0.05, 0.1) is 12.8 Å². The summed E-state index contributed by atoms with van der Waals surface area (Å²) in [6, 6.07) is 0. The number of carbonyl (C=O) groups is 1. The Hall–Kier alpha value is -2.25. The number of carbonyl (C=O) groups excluding carboxylic acids is 1. The molecule has 1 unspecified atom stereocenters. The molecule has 0 aliphatic heterocycles. The maximum absolute atomic E-state index is 14.0. The second kappa shape index (κ2) is 6.24. The first-order valence-electron chi connectivity index (χ1n) is 8.87. The van der Waals surface area contributed by atoms with E-state index in [2.05, 4.69) is 20.3 Å². The van der Waals surface area contributed by atoms with Gasteiger partial charge in [-0.1, -0.05) is 0 Å². The van der Waals surface area contributed by atoms with Gasteiger partial charge in [0.25, 0.3) is 0 Å². The fourth-order valence-corrected chi connectivity index (χ4v) is 3.77. The molecular formula is C17H22FN5O2. The minimum Gasteiger partial charge on any atom is -0.465 e. The second-order valence-corrected chi connectivity index (χ2v) is 7.01. The van der Waals surface area contributed by atoms with Crippen molar-refractivity contribution in [1.82, 2.24) is 25.0 Å². The summed E-state index contributed by atoms with van der Waals surface area (Å²) in [6.45, 7) is 2.13. The Balaban J connectivity index is 1.69. The van der Waals surface area contributed by atoms with E-state index in [9.17, 15) is 9.18 Å². The van der Waals surface area contributed by atoms with Gasteiger partial charge < -0.3 is 9.72 Å². The number of aromatic nitrogens is 5. The third kappa shape index (κ3) is 3.05. The van der Waals surface area contributed by atoms with Crippen LogP contribution in [0.3, 0.4) is 0 Å². The van der Waals surface area contributed by atoms with Crippen molar-refractivity contribution < 1.29 is 13.9 Å². The third-order valence-electron chi connectivity index (χ3n) is 5.18. The summed E-state index contributed by atoms with van der Waals surface area (Å²) in [5.74, 6) is 0.879. The number of hydrogen-bond donors (Lipinski definition) is 1. The number of ether oxygens (including phenoxy) is 1. The second-order valence-electron chi connectivity index (χ2n) is 7.01. The maximum atomic E-state index is 14.0. The van der Waals surface area contributed by atoms with Crippen molar-refractivity contribution in [1.29, 1.82) is 0 Å². The summed E-state index contributed by atoms with van der Waals surface area (Å²) in [5.41, 5.74) is 0.232. The van der Waals surface area contributed by atoms with Gasteiger partial charge in [-0.3, -0.25) is 9.48 Å². The molecule has 0 spiro atoms. The number of nitrogens with zero attached hydrogens (tertiary/aromatic N) is 4. The topological polar surface area (TPSA) is 85.7 Å². The van der Waals surface area contributed by atoms with Gasteiger partial charge >= 0.3 is 5.97 Å². The molecule has 0 amide bonds. The molecule has 1 atom stereocenters. The standard InChI is InChI=1S/C17H22FN5O2/c1-3-25-17(24)13(12(9-4-5-9)10-6-7-10)15-20-16(22-21-15)14-11(18)8-19-23(14)2/h8-10,12-13H,3-7H2,1-2H3,(H,20,21,22). The fourth-order valence-electron chi connectivity index (χ4n) is 3.77. The van der Waals surface area contributed by atoms with Gasteiger partial charge in [0.15, 0.2) is 11.6 Å². The van der Waals surface area contributed by atoms with Gasteiger partial charge in [-0.25, -0.2) is 4.39 Å². The van der Waals surface area contributed by atoms with E-state index in [0.717, 1.165) is 31.9 Å². The highest BCUT2D eigenvalue weighted by molar-refractivity contribution is 5.78. The first-order chi connectivity index (χ1) is 12.1. The first kappa shape index (κ1) is 16.2. The largest absolute Gasteiger partial charge is 0.465 e. The van der Waals surface area contributed by atoms with Gasteiger partial charge in [0.1, 0.15) is 17.4 Å². The molecule has 2 aliphatic carbocycles. The van der Waals surface area contributed by atoms with Crippen molar-refractivity contribution in [2.45, 2.75) is 38.5 Å². The molecule has 2 heterocycles. The molecule has 25 heavy (non-hydrogen) atoms. The minimum atomic E-state index is -0.473. The van der Waals surface area contributed by atoms with E-state index >= 15 is 0 Å². The lowest BCUT2D eigenvalue weighted by Crippen LogP contribution is -2.28. The predicted octanol–water partition coefficient (Wildman–Crippen LogP) is 2.43. The van der Waals surface area contributed by atoms with E-state index in [1.165, 1.54) is 4.68 Å². The molecule has 134 valence electrons. The smallest absolute Gasteiger partial charge is 0.316 e. The molecule has 1 N–H and O–H groups in total. The fraction of sp³-hybridized carbons (Fsp3) is 0.647. The number of H-pyrrole nitrogens is 1. The zero-order valence-electron chi connectivity index (χ0n) is 14.4. The van der Waals surface area contributed by atoms with E-state index in [0.29, 0.717) is 24.3 Å². The summed E-state index contributed by atoms with van der Waals surface area (Å²) in [5, 5.41) is 12.1.